The largest absolute Gasteiger partial charge is 0.338 e. The van der Waals surface area contributed by atoms with Crippen molar-refractivity contribution in [1.29, 1.82) is 0 Å². The van der Waals surface area contributed by atoms with E-state index in [2.05, 4.69) is 29.7 Å². The number of unbranched alkanes of at least 4 members (excludes halogenated alkanes) is 2. The molecular weight excluding hydrogens is 362 g/mol. The highest BCUT2D eigenvalue weighted by molar-refractivity contribution is 5.94. The lowest BCUT2D eigenvalue weighted by Gasteiger charge is -2.32. The molecule has 1 saturated heterocycles. The molecule has 1 fully saturated rings. The van der Waals surface area contributed by atoms with E-state index in [0.717, 1.165) is 30.5 Å². The zero-order chi connectivity index (χ0) is 20.5. The standard InChI is InChI=1S/C24H31N3O2/c1-2-3-5-8-19-11-13-21(14-12-19)25-24(29)26-22-15-17-27(18-16-22)23(28)20-9-6-4-7-10-20/h4,6-7,9-14,22H,2-3,5,8,15-18H2,1H3,(H2,25,26,29). The summed E-state index contributed by atoms with van der Waals surface area (Å²) in [5.41, 5.74) is 2.83. The second-order valence-corrected chi connectivity index (χ2v) is 7.68. The van der Waals surface area contributed by atoms with Crippen LogP contribution in [0.2, 0.25) is 0 Å². The van der Waals surface area contributed by atoms with Gasteiger partial charge in [0.05, 0.1) is 0 Å². The smallest absolute Gasteiger partial charge is 0.319 e. The molecule has 3 amide bonds. The number of nitrogens with zero attached hydrogens (tertiary/aromatic N) is 1. The maximum atomic E-state index is 12.5. The predicted molar refractivity (Wildman–Crippen MR) is 117 cm³/mol. The van der Waals surface area contributed by atoms with Gasteiger partial charge in [0, 0.05) is 30.4 Å². The summed E-state index contributed by atoms with van der Waals surface area (Å²) in [6.45, 7) is 3.52. The number of piperidine rings is 1. The lowest BCUT2D eigenvalue weighted by molar-refractivity contribution is 0.0709. The predicted octanol–water partition coefficient (Wildman–Crippen LogP) is 4.85. The van der Waals surface area contributed by atoms with Crippen LogP contribution in [0, 0.1) is 0 Å². The molecule has 3 rings (SSSR count). The van der Waals surface area contributed by atoms with E-state index in [4.69, 9.17) is 0 Å². The number of likely N-dealkylation sites (tertiary alicyclic amines) is 1. The summed E-state index contributed by atoms with van der Waals surface area (Å²) in [6, 6.07) is 17.3. The third-order valence-electron chi connectivity index (χ3n) is 5.42. The molecule has 0 spiro atoms. The van der Waals surface area contributed by atoms with Crippen LogP contribution >= 0.6 is 0 Å². The molecular formula is C24H31N3O2. The number of carbonyl (C=O) groups is 2. The second kappa shape index (κ2) is 10.6. The lowest BCUT2D eigenvalue weighted by atomic mass is 10.0. The third kappa shape index (κ3) is 6.34. The van der Waals surface area contributed by atoms with Crippen molar-refractivity contribution in [1.82, 2.24) is 10.2 Å². The average Bonchev–Trinajstić information content (AvgIpc) is 2.76. The minimum atomic E-state index is -0.184. The fourth-order valence-electron chi connectivity index (χ4n) is 3.68. The van der Waals surface area contributed by atoms with E-state index in [1.165, 1.54) is 24.8 Å². The molecule has 0 radical (unpaired) electrons. The van der Waals surface area contributed by atoms with Crippen molar-refractivity contribution in [2.24, 2.45) is 0 Å². The van der Waals surface area contributed by atoms with Gasteiger partial charge in [0.1, 0.15) is 0 Å². The van der Waals surface area contributed by atoms with E-state index >= 15 is 0 Å². The zero-order valence-corrected chi connectivity index (χ0v) is 17.2. The summed E-state index contributed by atoms with van der Waals surface area (Å²) in [5, 5.41) is 5.95. The van der Waals surface area contributed by atoms with Gasteiger partial charge >= 0.3 is 6.03 Å². The van der Waals surface area contributed by atoms with Crippen molar-refractivity contribution in [3.05, 3.63) is 65.7 Å². The Hall–Kier alpha value is -2.82. The number of rotatable bonds is 7. The first-order valence-corrected chi connectivity index (χ1v) is 10.7. The Kier molecular flexibility index (Phi) is 7.68. The average molecular weight is 394 g/mol. The van der Waals surface area contributed by atoms with Crippen LogP contribution in [0.4, 0.5) is 10.5 Å². The SMILES string of the molecule is CCCCCc1ccc(NC(=O)NC2CCN(C(=O)c3ccccc3)CC2)cc1. The van der Waals surface area contributed by atoms with Crippen molar-refractivity contribution in [2.75, 3.05) is 18.4 Å². The Labute approximate surface area is 173 Å². The van der Waals surface area contributed by atoms with Gasteiger partial charge in [0.25, 0.3) is 5.91 Å². The molecule has 5 heteroatoms. The van der Waals surface area contributed by atoms with Crippen LogP contribution in [-0.4, -0.2) is 36.0 Å². The summed E-state index contributed by atoms with van der Waals surface area (Å²) >= 11 is 0. The van der Waals surface area contributed by atoms with Crippen LogP contribution in [0.25, 0.3) is 0 Å². The fraction of sp³-hybridized carbons (Fsp3) is 0.417. The van der Waals surface area contributed by atoms with Crippen LogP contribution in [0.1, 0.15) is 54.9 Å². The molecule has 2 N–H and O–H groups in total. The molecule has 0 atom stereocenters. The van der Waals surface area contributed by atoms with Gasteiger partial charge in [-0.2, -0.15) is 0 Å². The molecule has 1 aliphatic rings. The molecule has 29 heavy (non-hydrogen) atoms. The first kappa shape index (κ1) is 20.9. The van der Waals surface area contributed by atoms with Crippen LogP contribution < -0.4 is 10.6 Å². The molecule has 2 aromatic rings. The van der Waals surface area contributed by atoms with Gasteiger partial charge in [-0.25, -0.2) is 4.79 Å². The van der Waals surface area contributed by atoms with Gasteiger partial charge in [-0.3, -0.25) is 4.79 Å². The van der Waals surface area contributed by atoms with Crippen LogP contribution in [0.5, 0.6) is 0 Å². The number of hydrogen-bond acceptors (Lipinski definition) is 2. The summed E-state index contributed by atoms with van der Waals surface area (Å²) < 4.78 is 0. The van der Waals surface area contributed by atoms with Crippen molar-refractivity contribution in [3.8, 4) is 0 Å². The van der Waals surface area contributed by atoms with Crippen LogP contribution in [0.15, 0.2) is 54.6 Å². The highest BCUT2D eigenvalue weighted by Gasteiger charge is 2.24. The fourth-order valence-corrected chi connectivity index (χ4v) is 3.68. The topological polar surface area (TPSA) is 61.4 Å². The maximum absolute atomic E-state index is 12.5. The number of nitrogens with one attached hydrogen (secondary N) is 2. The van der Waals surface area contributed by atoms with Crippen molar-refractivity contribution in [2.45, 2.75) is 51.5 Å². The summed E-state index contributed by atoms with van der Waals surface area (Å²) in [4.78, 5) is 26.7. The minimum absolute atomic E-state index is 0.0625. The van der Waals surface area contributed by atoms with E-state index in [1.54, 1.807) is 0 Å². The van der Waals surface area contributed by atoms with Gasteiger partial charge in [0.2, 0.25) is 0 Å². The zero-order valence-electron chi connectivity index (χ0n) is 17.2. The molecule has 0 aliphatic carbocycles. The van der Waals surface area contributed by atoms with Gasteiger partial charge < -0.3 is 15.5 Å². The first-order valence-electron chi connectivity index (χ1n) is 10.7. The summed E-state index contributed by atoms with van der Waals surface area (Å²) in [7, 11) is 0. The normalized spacial score (nSPS) is 14.4. The Morgan fingerprint density at radius 3 is 2.31 bits per heavy atom. The van der Waals surface area contributed by atoms with Gasteiger partial charge in [0.15, 0.2) is 0 Å². The maximum Gasteiger partial charge on any atom is 0.319 e. The van der Waals surface area contributed by atoms with Gasteiger partial charge in [-0.05, 0) is 55.5 Å². The molecule has 0 aromatic heterocycles. The molecule has 1 heterocycles. The van der Waals surface area contributed by atoms with Crippen molar-refractivity contribution >= 4 is 17.6 Å². The third-order valence-corrected chi connectivity index (χ3v) is 5.42. The minimum Gasteiger partial charge on any atom is -0.338 e. The monoisotopic (exact) mass is 393 g/mol. The van der Waals surface area contributed by atoms with Crippen LogP contribution in [-0.2, 0) is 6.42 Å². The first-order chi connectivity index (χ1) is 14.2. The Bertz CT molecular complexity index is 782. The van der Waals surface area contributed by atoms with Crippen molar-refractivity contribution < 1.29 is 9.59 Å². The Balaban J connectivity index is 1.41. The van der Waals surface area contributed by atoms with E-state index < -0.39 is 0 Å². The highest BCUT2D eigenvalue weighted by atomic mass is 16.2. The number of urea groups is 1. The number of amides is 3. The lowest BCUT2D eigenvalue weighted by Crippen LogP contribution is -2.47. The van der Waals surface area contributed by atoms with E-state index in [9.17, 15) is 9.59 Å². The van der Waals surface area contributed by atoms with E-state index in [1.807, 2.05) is 47.4 Å². The number of hydrogen-bond donors (Lipinski definition) is 2. The number of anilines is 1. The van der Waals surface area contributed by atoms with Crippen molar-refractivity contribution in [3.63, 3.8) is 0 Å². The molecule has 0 bridgehead atoms. The number of carbonyl (C=O) groups excluding carboxylic acids is 2. The molecule has 0 saturated carbocycles. The van der Waals surface area contributed by atoms with Crippen LogP contribution in [0.3, 0.4) is 0 Å². The molecule has 2 aromatic carbocycles. The Morgan fingerprint density at radius 2 is 1.66 bits per heavy atom. The number of aryl methyl sites for hydroxylation is 1. The summed E-state index contributed by atoms with van der Waals surface area (Å²) in [6.07, 6.45) is 6.29. The van der Waals surface area contributed by atoms with Gasteiger partial charge in [-0.1, -0.05) is 50.1 Å². The molecule has 5 nitrogen and oxygen atoms in total. The number of benzene rings is 2. The van der Waals surface area contributed by atoms with E-state index in [-0.39, 0.29) is 18.0 Å². The molecule has 0 unspecified atom stereocenters. The quantitative estimate of drug-likeness (QED) is 0.661. The molecule has 154 valence electrons. The van der Waals surface area contributed by atoms with Gasteiger partial charge in [-0.15, -0.1) is 0 Å². The van der Waals surface area contributed by atoms with E-state index in [0.29, 0.717) is 13.1 Å². The summed E-state index contributed by atoms with van der Waals surface area (Å²) in [5.74, 6) is 0.0625. The second-order valence-electron chi connectivity index (χ2n) is 7.68. The highest BCUT2D eigenvalue weighted by Crippen LogP contribution is 2.15. The molecule has 1 aliphatic heterocycles. The Morgan fingerprint density at radius 1 is 0.966 bits per heavy atom.